The first-order valence-corrected chi connectivity index (χ1v) is 8.26. The molecule has 1 amide bonds. The Morgan fingerprint density at radius 1 is 1.08 bits per heavy atom. The van der Waals surface area contributed by atoms with Gasteiger partial charge in [-0.2, -0.15) is 0 Å². The van der Waals surface area contributed by atoms with Gasteiger partial charge in [0.2, 0.25) is 0 Å². The van der Waals surface area contributed by atoms with Gasteiger partial charge in [-0.15, -0.1) is 0 Å². The molecule has 1 atom stereocenters. The first-order chi connectivity index (χ1) is 12.0. The molecule has 0 aliphatic heterocycles. The standard InChI is InChI=1S/C20H22FNO3/c1-15(17-5-3-2-4-6-17)13-20(24)25-14-19(23)22-12-11-16-7-9-18(21)10-8-16/h2-10,15H,11-14H2,1H3,(H,22,23)/t15-/m0/s1. The van der Waals surface area contributed by atoms with Crippen LogP contribution < -0.4 is 5.32 Å². The van der Waals surface area contributed by atoms with Crippen LogP contribution in [0.4, 0.5) is 4.39 Å². The van der Waals surface area contributed by atoms with Gasteiger partial charge >= 0.3 is 5.97 Å². The van der Waals surface area contributed by atoms with Gasteiger partial charge in [0.05, 0.1) is 6.42 Å². The van der Waals surface area contributed by atoms with Gasteiger partial charge in [-0.25, -0.2) is 4.39 Å². The largest absolute Gasteiger partial charge is 0.456 e. The molecular weight excluding hydrogens is 321 g/mol. The van der Waals surface area contributed by atoms with Gasteiger partial charge in [0.25, 0.3) is 5.91 Å². The monoisotopic (exact) mass is 343 g/mol. The lowest BCUT2D eigenvalue weighted by atomic mass is 9.98. The van der Waals surface area contributed by atoms with Crippen molar-refractivity contribution in [2.45, 2.75) is 25.7 Å². The van der Waals surface area contributed by atoms with E-state index >= 15 is 0 Å². The summed E-state index contributed by atoms with van der Waals surface area (Å²) < 4.78 is 17.8. The summed E-state index contributed by atoms with van der Waals surface area (Å²) in [6.07, 6.45) is 0.817. The van der Waals surface area contributed by atoms with Gasteiger partial charge in [-0.3, -0.25) is 9.59 Å². The number of halogens is 1. The highest BCUT2D eigenvalue weighted by atomic mass is 19.1. The molecule has 2 rings (SSSR count). The van der Waals surface area contributed by atoms with E-state index in [0.29, 0.717) is 13.0 Å². The van der Waals surface area contributed by atoms with Crippen LogP contribution in [-0.2, 0) is 20.7 Å². The Balaban J connectivity index is 1.64. The van der Waals surface area contributed by atoms with Crippen LogP contribution in [0.25, 0.3) is 0 Å². The zero-order valence-corrected chi connectivity index (χ0v) is 14.2. The van der Waals surface area contributed by atoms with Crippen molar-refractivity contribution in [1.82, 2.24) is 5.32 Å². The van der Waals surface area contributed by atoms with E-state index in [1.165, 1.54) is 12.1 Å². The first-order valence-electron chi connectivity index (χ1n) is 8.26. The molecule has 2 aromatic rings. The number of esters is 1. The Morgan fingerprint density at radius 2 is 1.76 bits per heavy atom. The summed E-state index contributed by atoms with van der Waals surface area (Å²) >= 11 is 0. The van der Waals surface area contributed by atoms with Gasteiger partial charge in [0.15, 0.2) is 6.61 Å². The molecule has 0 radical (unpaired) electrons. The fourth-order valence-electron chi connectivity index (χ4n) is 2.40. The highest BCUT2D eigenvalue weighted by molar-refractivity contribution is 5.80. The number of amides is 1. The fraction of sp³-hybridized carbons (Fsp3) is 0.300. The number of carbonyl (C=O) groups is 2. The van der Waals surface area contributed by atoms with E-state index in [-0.39, 0.29) is 30.7 Å². The fourth-order valence-corrected chi connectivity index (χ4v) is 2.40. The minimum Gasteiger partial charge on any atom is -0.456 e. The zero-order chi connectivity index (χ0) is 18.1. The molecule has 1 N–H and O–H groups in total. The minimum absolute atomic E-state index is 0.0373. The van der Waals surface area contributed by atoms with E-state index in [4.69, 9.17) is 4.74 Å². The number of benzene rings is 2. The number of rotatable bonds is 8. The summed E-state index contributed by atoms with van der Waals surface area (Å²) in [7, 11) is 0. The van der Waals surface area contributed by atoms with Crippen molar-refractivity contribution < 1.29 is 18.7 Å². The van der Waals surface area contributed by atoms with Crippen LogP contribution in [0.2, 0.25) is 0 Å². The first kappa shape index (κ1) is 18.6. The molecule has 0 heterocycles. The normalized spacial score (nSPS) is 11.6. The Morgan fingerprint density at radius 3 is 2.44 bits per heavy atom. The van der Waals surface area contributed by atoms with Gasteiger partial charge in [-0.1, -0.05) is 49.4 Å². The number of hydrogen-bond donors (Lipinski definition) is 1. The summed E-state index contributed by atoms with van der Waals surface area (Å²) in [6, 6.07) is 15.8. The van der Waals surface area contributed by atoms with Crippen molar-refractivity contribution in [3.05, 3.63) is 71.5 Å². The molecule has 0 saturated heterocycles. The summed E-state index contributed by atoms with van der Waals surface area (Å²) in [5.74, 6) is -0.993. The van der Waals surface area contributed by atoms with Crippen molar-refractivity contribution in [2.24, 2.45) is 0 Å². The van der Waals surface area contributed by atoms with E-state index in [1.54, 1.807) is 12.1 Å². The molecule has 0 fully saturated rings. The Hall–Kier alpha value is -2.69. The molecule has 0 bridgehead atoms. The molecule has 0 spiro atoms. The molecule has 132 valence electrons. The maximum atomic E-state index is 12.8. The third-order valence-corrected chi connectivity index (χ3v) is 3.85. The lowest BCUT2D eigenvalue weighted by molar-refractivity contribution is -0.148. The van der Waals surface area contributed by atoms with Crippen LogP contribution in [-0.4, -0.2) is 25.0 Å². The predicted molar refractivity (Wildman–Crippen MR) is 93.5 cm³/mol. The number of hydrogen-bond acceptors (Lipinski definition) is 3. The molecular formula is C20H22FNO3. The Labute approximate surface area is 147 Å². The highest BCUT2D eigenvalue weighted by Crippen LogP contribution is 2.18. The average molecular weight is 343 g/mol. The molecule has 0 unspecified atom stereocenters. The number of nitrogens with one attached hydrogen (secondary N) is 1. The second-order valence-corrected chi connectivity index (χ2v) is 5.90. The van der Waals surface area contributed by atoms with Crippen LogP contribution in [0, 0.1) is 5.82 Å². The highest BCUT2D eigenvalue weighted by Gasteiger charge is 2.13. The van der Waals surface area contributed by atoms with Crippen molar-refractivity contribution in [2.75, 3.05) is 13.2 Å². The minimum atomic E-state index is -0.398. The Bertz CT molecular complexity index is 686. The van der Waals surface area contributed by atoms with Crippen molar-refractivity contribution in [3.63, 3.8) is 0 Å². The average Bonchev–Trinajstić information content (AvgIpc) is 2.62. The number of ether oxygens (including phenoxy) is 1. The summed E-state index contributed by atoms with van der Waals surface area (Å²) in [4.78, 5) is 23.5. The molecule has 0 saturated carbocycles. The van der Waals surface area contributed by atoms with E-state index in [1.807, 2.05) is 37.3 Å². The molecule has 2 aromatic carbocycles. The van der Waals surface area contributed by atoms with Crippen LogP contribution in [0.15, 0.2) is 54.6 Å². The molecule has 0 aliphatic carbocycles. The lowest BCUT2D eigenvalue weighted by Gasteiger charge is -2.11. The van der Waals surface area contributed by atoms with Gasteiger partial charge in [0, 0.05) is 6.54 Å². The second kappa shape index (κ2) is 9.57. The van der Waals surface area contributed by atoms with Crippen LogP contribution >= 0.6 is 0 Å². The molecule has 5 heteroatoms. The Kier molecular flexibility index (Phi) is 7.14. The maximum absolute atomic E-state index is 12.8. The third-order valence-electron chi connectivity index (χ3n) is 3.85. The maximum Gasteiger partial charge on any atom is 0.306 e. The van der Waals surface area contributed by atoms with E-state index in [0.717, 1.165) is 11.1 Å². The zero-order valence-electron chi connectivity index (χ0n) is 14.2. The second-order valence-electron chi connectivity index (χ2n) is 5.90. The predicted octanol–water partition coefficient (Wildman–Crippen LogP) is 3.22. The van der Waals surface area contributed by atoms with Crippen LogP contribution in [0.3, 0.4) is 0 Å². The SMILES string of the molecule is C[C@@H](CC(=O)OCC(=O)NCCc1ccc(F)cc1)c1ccccc1. The van der Waals surface area contributed by atoms with Gasteiger partial charge in [0.1, 0.15) is 5.82 Å². The van der Waals surface area contributed by atoms with Gasteiger partial charge < -0.3 is 10.1 Å². The summed E-state index contributed by atoms with van der Waals surface area (Å²) in [6.45, 7) is 2.06. The van der Waals surface area contributed by atoms with Crippen molar-refractivity contribution in [3.8, 4) is 0 Å². The van der Waals surface area contributed by atoms with E-state index in [9.17, 15) is 14.0 Å². The smallest absolute Gasteiger partial charge is 0.306 e. The van der Waals surface area contributed by atoms with Crippen molar-refractivity contribution in [1.29, 1.82) is 0 Å². The van der Waals surface area contributed by atoms with E-state index < -0.39 is 5.97 Å². The lowest BCUT2D eigenvalue weighted by Crippen LogP contribution is -2.30. The molecule has 0 aromatic heterocycles. The van der Waals surface area contributed by atoms with Crippen molar-refractivity contribution >= 4 is 11.9 Å². The number of carbonyl (C=O) groups excluding carboxylic acids is 2. The molecule has 0 aliphatic rings. The third kappa shape index (κ3) is 6.75. The quantitative estimate of drug-likeness (QED) is 0.749. The van der Waals surface area contributed by atoms with Crippen LogP contribution in [0.1, 0.15) is 30.4 Å². The summed E-state index contributed by atoms with van der Waals surface area (Å²) in [5, 5.41) is 2.68. The van der Waals surface area contributed by atoms with Gasteiger partial charge in [-0.05, 0) is 35.6 Å². The molecule has 4 nitrogen and oxygen atoms in total. The van der Waals surface area contributed by atoms with E-state index in [2.05, 4.69) is 5.32 Å². The summed E-state index contributed by atoms with van der Waals surface area (Å²) in [5.41, 5.74) is 1.98. The van der Waals surface area contributed by atoms with Crippen LogP contribution in [0.5, 0.6) is 0 Å². The topological polar surface area (TPSA) is 55.4 Å². The molecule has 25 heavy (non-hydrogen) atoms.